The highest BCUT2D eigenvalue weighted by molar-refractivity contribution is 7.15. The molecule has 4 nitrogen and oxygen atoms in total. The first-order valence-electron chi connectivity index (χ1n) is 6.31. The molecule has 0 bridgehead atoms. The van der Waals surface area contributed by atoms with Crippen molar-refractivity contribution < 1.29 is 4.79 Å². The van der Waals surface area contributed by atoms with Crippen molar-refractivity contribution in [3.05, 3.63) is 45.9 Å². The second-order valence-electron chi connectivity index (χ2n) is 4.34. The first-order chi connectivity index (χ1) is 9.67. The molecule has 0 saturated carbocycles. The minimum absolute atomic E-state index is 0. The molecule has 2 N–H and O–H groups in total. The molecule has 0 aliphatic rings. The van der Waals surface area contributed by atoms with Gasteiger partial charge in [-0.2, -0.15) is 0 Å². The molecule has 0 aliphatic heterocycles. The quantitative estimate of drug-likeness (QED) is 0.843. The first-order valence-corrected chi connectivity index (χ1v) is 7.50. The average molecular weight is 346 g/mol. The number of carbonyl (C=O) groups excluding carboxylic acids is 1. The topological polar surface area (TPSA) is 54.0 Å². The standard InChI is InChI=1S/C14H16ClN3OS.ClH/c1-16-6-5-13(19)18-14-17-9-12(20-14)8-10-3-2-4-11(15)7-10;/h2-4,7,9,16H,5-6,8H2,1H3,(H,17,18,19);1H. The Morgan fingerprint density at radius 2 is 2.24 bits per heavy atom. The number of halogens is 2. The minimum Gasteiger partial charge on any atom is -0.319 e. The fourth-order valence-corrected chi connectivity index (χ4v) is 2.79. The van der Waals surface area contributed by atoms with Gasteiger partial charge < -0.3 is 10.6 Å². The maximum atomic E-state index is 11.6. The number of aromatic nitrogens is 1. The lowest BCUT2D eigenvalue weighted by Crippen LogP contribution is -2.18. The second-order valence-corrected chi connectivity index (χ2v) is 5.89. The van der Waals surface area contributed by atoms with Crippen LogP contribution in [0.25, 0.3) is 0 Å². The molecule has 0 spiro atoms. The summed E-state index contributed by atoms with van der Waals surface area (Å²) in [4.78, 5) is 16.9. The van der Waals surface area contributed by atoms with Crippen LogP contribution in [0.15, 0.2) is 30.5 Å². The molecule has 0 aliphatic carbocycles. The summed E-state index contributed by atoms with van der Waals surface area (Å²) < 4.78 is 0. The molecule has 2 rings (SSSR count). The van der Waals surface area contributed by atoms with Crippen molar-refractivity contribution >= 4 is 46.4 Å². The number of rotatable bonds is 6. The Balaban J connectivity index is 0.00000220. The van der Waals surface area contributed by atoms with Crippen molar-refractivity contribution in [3.63, 3.8) is 0 Å². The summed E-state index contributed by atoms with van der Waals surface area (Å²) in [5.74, 6) is -0.0250. The number of anilines is 1. The summed E-state index contributed by atoms with van der Waals surface area (Å²) >= 11 is 7.45. The van der Waals surface area contributed by atoms with Gasteiger partial charge >= 0.3 is 0 Å². The molecule has 2 aromatic rings. The summed E-state index contributed by atoms with van der Waals surface area (Å²) in [6, 6.07) is 7.74. The Hall–Kier alpha value is -1.14. The Kier molecular flexibility index (Phi) is 7.67. The predicted octanol–water partition coefficient (Wildman–Crippen LogP) is 3.36. The van der Waals surface area contributed by atoms with Crippen LogP contribution in [0.4, 0.5) is 5.13 Å². The monoisotopic (exact) mass is 345 g/mol. The van der Waals surface area contributed by atoms with Gasteiger partial charge in [-0.05, 0) is 24.7 Å². The Morgan fingerprint density at radius 3 is 2.95 bits per heavy atom. The summed E-state index contributed by atoms with van der Waals surface area (Å²) in [6.07, 6.45) is 3.00. The van der Waals surface area contributed by atoms with Crippen LogP contribution in [0.2, 0.25) is 5.02 Å². The highest BCUT2D eigenvalue weighted by Crippen LogP contribution is 2.22. The van der Waals surface area contributed by atoms with Gasteiger partial charge in [-0.1, -0.05) is 23.7 Å². The van der Waals surface area contributed by atoms with Crippen LogP contribution in [-0.4, -0.2) is 24.5 Å². The summed E-state index contributed by atoms with van der Waals surface area (Å²) in [6.45, 7) is 0.659. The van der Waals surface area contributed by atoms with Crippen molar-refractivity contribution in [1.82, 2.24) is 10.3 Å². The van der Waals surface area contributed by atoms with E-state index in [1.807, 2.05) is 31.3 Å². The fourth-order valence-electron chi connectivity index (χ4n) is 1.72. The highest BCUT2D eigenvalue weighted by atomic mass is 35.5. The van der Waals surface area contributed by atoms with Crippen LogP contribution in [-0.2, 0) is 11.2 Å². The maximum absolute atomic E-state index is 11.6. The van der Waals surface area contributed by atoms with Crippen molar-refractivity contribution in [2.75, 3.05) is 18.9 Å². The third-order valence-electron chi connectivity index (χ3n) is 2.67. The molecule has 1 heterocycles. The van der Waals surface area contributed by atoms with Crippen molar-refractivity contribution in [3.8, 4) is 0 Å². The number of amides is 1. The molecule has 7 heteroatoms. The molecule has 0 atom stereocenters. The number of nitrogens with zero attached hydrogens (tertiary/aromatic N) is 1. The number of hydrogen-bond donors (Lipinski definition) is 2. The summed E-state index contributed by atoms with van der Waals surface area (Å²) in [5.41, 5.74) is 1.13. The van der Waals surface area contributed by atoms with Gasteiger partial charge in [0, 0.05) is 35.5 Å². The van der Waals surface area contributed by atoms with E-state index in [0.29, 0.717) is 18.1 Å². The lowest BCUT2D eigenvalue weighted by Gasteiger charge is -2.00. The van der Waals surface area contributed by atoms with Crippen LogP contribution >= 0.6 is 35.3 Å². The zero-order valence-electron chi connectivity index (χ0n) is 11.6. The number of nitrogens with one attached hydrogen (secondary N) is 2. The zero-order chi connectivity index (χ0) is 14.4. The number of hydrogen-bond acceptors (Lipinski definition) is 4. The number of carbonyl (C=O) groups is 1. The van der Waals surface area contributed by atoms with Gasteiger partial charge in [0.2, 0.25) is 5.91 Å². The zero-order valence-corrected chi connectivity index (χ0v) is 13.9. The van der Waals surface area contributed by atoms with Gasteiger partial charge in [-0.15, -0.1) is 23.7 Å². The van der Waals surface area contributed by atoms with Crippen LogP contribution in [0.5, 0.6) is 0 Å². The minimum atomic E-state index is -0.0250. The molecule has 0 saturated heterocycles. The van der Waals surface area contributed by atoms with Gasteiger partial charge in [0.25, 0.3) is 0 Å². The summed E-state index contributed by atoms with van der Waals surface area (Å²) in [5, 5.41) is 7.10. The van der Waals surface area contributed by atoms with E-state index in [1.165, 1.54) is 11.3 Å². The maximum Gasteiger partial charge on any atom is 0.227 e. The molecule has 1 aromatic carbocycles. The molecule has 0 radical (unpaired) electrons. The Morgan fingerprint density at radius 1 is 1.43 bits per heavy atom. The van der Waals surface area contributed by atoms with E-state index in [0.717, 1.165) is 21.9 Å². The van der Waals surface area contributed by atoms with Crippen LogP contribution in [0, 0.1) is 0 Å². The molecule has 0 fully saturated rings. The third-order valence-corrected chi connectivity index (χ3v) is 3.82. The van der Waals surface area contributed by atoms with Crippen molar-refractivity contribution in [1.29, 1.82) is 0 Å². The number of thiazole rings is 1. The predicted molar refractivity (Wildman–Crippen MR) is 90.8 cm³/mol. The molecule has 114 valence electrons. The molecule has 1 aromatic heterocycles. The molecule has 0 unspecified atom stereocenters. The Labute approximate surface area is 139 Å². The van der Waals surface area contributed by atoms with Gasteiger partial charge in [0.1, 0.15) is 0 Å². The lowest BCUT2D eigenvalue weighted by molar-refractivity contribution is -0.116. The molecule has 1 amide bonds. The van der Waals surface area contributed by atoms with E-state index in [4.69, 9.17) is 11.6 Å². The van der Waals surface area contributed by atoms with Gasteiger partial charge in [0.15, 0.2) is 5.13 Å². The lowest BCUT2D eigenvalue weighted by atomic mass is 10.1. The van der Waals surface area contributed by atoms with Crippen LogP contribution < -0.4 is 10.6 Å². The smallest absolute Gasteiger partial charge is 0.227 e. The highest BCUT2D eigenvalue weighted by Gasteiger charge is 2.07. The molecule has 21 heavy (non-hydrogen) atoms. The van der Waals surface area contributed by atoms with Gasteiger partial charge in [-0.25, -0.2) is 4.98 Å². The van der Waals surface area contributed by atoms with E-state index >= 15 is 0 Å². The SMILES string of the molecule is CNCCC(=O)Nc1ncc(Cc2cccc(Cl)c2)s1.Cl. The average Bonchev–Trinajstić information content (AvgIpc) is 2.83. The fraction of sp³-hybridized carbons (Fsp3) is 0.286. The summed E-state index contributed by atoms with van der Waals surface area (Å²) in [7, 11) is 1.82. The van der Waals surface area contributed by atoms with Crippen LogP contribution in [0.1, 0.15) is 16.9 Å². The van der Waals surface area contributed by atoms with Gasteiger partial charge in [-0.3, -0.25) is 4.79 Å². The van der Waals surface area contributed by atoms with E-state index in [2.05, 4.69) is 15.6 Å². The van der Waals surface area contributed by atoms with Gasteiger partial charge in [0.05, 0.1) is 0 Å². The van der Waals surface area contributed by atoms with Crippen molar-refractivity contribution in [2.24, 2.45) is 0 Å². The molecular weight excluding hydrogens is 329 g/mol. The first kappa shape index (κ1) is 17.9. The van der Waals surface area contributed by atoms with E-state index in [9.17, 15) is 4.79 Å². The second kappa shape index (κ2) is 9.00. The number of benzene rings is 1. The van der Waals surface area contributed by atoms with Crippen molar-refractivity contribution in [2.45, 2.75) is 12.8 Å². The molecular formula is C14H17Cl2N3OS. The Bertz CT molecular complexity index is 589. The van der Waals surface area contributed by atoms with E-state index in [1.54, 1.807) is 6.20 Å². The van der Waals surface area contributed by atoms with E-state index in [-0.39, 0.29) is 18.3 Å². The largest absolute Gasteiger partial charge is 0.319 e. The normalized spacial score (nSPS) is 10.0. The van der Waals surface area contributed by atoms with Crippen LogP contribution in [0.3, 0.4) is 0 Å². The third kappa shape index (κ3) is 6.01. The van der Waals surface area contributed by atoms with E-state index < -0.39 is 0 Å².